The van der Waals surface area contributed by atoms with Crippen molar-refractivity contribution in [1.29, 1.82) is 0 Å². The number of hydrogen-bond acceptors (Lipinski definition) is 5. The van der Waals surface area contributed by atoms with Crippen molar-refractivity contribution in [2.75, 3.05) is 38.2 Å². The topological polar surface area (TPSA) is 50.6 Å². The number of carbonyl (C=O) groups excluding carboxylic acids is 1. The fourth-order valence-electron chi connectivity index (χ4n) is 4.44. The van der Waals surface area contributed by atoms with Gasteiger partial charge in [0.1, 0.15) is 11.5 Å². The number of rotatable bonds is 6. The van der Waals surface area contributed by atoms with E-state index in [-0.39, 0.29) is 11.8 Å². The third-order valence-corrected chi connectivity index (χ3v) is 6.37. The number of methoxy groups -OCH3 is 1. The highest BCUT2D eigenvalue weighted by Crippen LogP contribution is 2.23. The molecule has 4 aromatic rings. The molecule has 1 fully saturated rings. The third kappa shape index (κ3) is 4.79. The molecule has 0 unspecified atom stereocenters. The molecule has 0 bridgehead atoms. The fourth-order valence-corrected chi connectivity index (χ4v) is 4.44. The van der Waals surface area contributed by atoms with Gasteiger partial charge >= 0.3 is 5.97 Å². The number of anilines is 1. The van der Waals surface area contributed by atoms with E-state index in [0.29, 0.717) is 12.1 Å². The zero-order valence-electron chi connectivity index (χ0n) is 19.2. The molecule has 6 nitrogen and oxygen atoms in total. The van der Waals surface area contributed by atoms with Gasteiger partial charge in [0, 0.05) is 50.9 Å². The molecule has 0 spiro atoms. The standard InChI is InChI=1S/C27H27FN4O2/c1-34-27(33)22-6-2-21(3-7-22)19-32-11-10-23-16-25(17-29-26(23)32)31-14-12-30(13-15-31)18-20-4-8-24(28)9-5-20/h2-11,16-17H,12-15,18-19H2,1H3. The Kier molecular flexibility index (Phi) is 6.27. The molecule has 2 aromatic carbocycles. The number of carbonyl (C=O) groups is 1. The molecule has 0 radical (unpaired) electrons. The summed E-state index contributed by atoms with van der Waals surface area (Å²) in [6.45, 7) is 5.30. The molecule has 0 N–H and O–H groups in total. The molecule has 174 valence electrons. The lowest BCUT2D eigenvalue weighted by atomic mass is 10.1. The average molecular weight is 459 g/mol. The zero-order valence-corrected chi connectivity index (χ0v) is 19.2. The van der Waals surface area contributed by atoms with E-state index in [1.54, 1.807) is 12.1 Å². The van der Waals surface area contributed by atoms with Crippen molar-refractivity contribution < 1.29 is 13.9 Å². The lowest BCUT2D eigenvalue weighted by Gasteiger charge is -2.36. The van der Waals surface area contributed by atoms with Crippen LogP contribution in [-0.4, -0.2) is 53.7 Å². The molecule has 1 aliphatic heterocycles. The molecule has 34 heavy (non-hydrogen) atoms. The minimum Gasteiger partial charge on any atom is -0.465 e. The van der Waals surface area contributed by atoms with Crippen LogP contribution >= 0.6 is 0 Å². The summed E-state index contributed by atoms with van der Waals surface area (Å²) < 4.78 is 20.0. The first-order chi connectivity index (χ1) is 16.6. The van der Waals surface area contributed by atoms with Gasteiger partial charge in [0.15, 0.2) is 0 Å². The summed E-state index contributed by atoms with van der Waals surface area (Å²) in [5.74, 6) is -0.523. The van der Waals surface area contributed by atoms with Crippen LogP contribution in [0, 0.1) is 5.82 Å². The second-order valence-corrected chi connectivity index (χ2v) is 8.63. The van der Waals surface area contributed by atoms with Gasteiger partial charge in [-0.1, -0.05) is 24.3 Å². The Balaban J connectivity index is 1.22. The van der Waals surface area contributed by atoms with Gasteiger partial charge < -0.3 is 14.2 Å². The van der Waals surface area contributed by atoms with Gasteiger partial charge in [-0.05, 0) is 47.5 Å². The maximum absolute atomic E-state index is 13.1. The highest BCUT2D eigenvalue weighted by Gasteiger charge is 2.18. The number of benzene rings is 2. The Labute approximate surface area is 198 Å². The molecule has 7 heteroatoms. The number of piperazine rings is 1. The van der Waals surface area contributed by atoms with Crippen LogP contribution in [0.25, 0.3) is 11.0 Å². The Hall–Kier alpha value is -3.71. The number of ether oxygens (including phenoxy) is 1. The SMILES string of the molecule is COC(=O)c1ccc(Cn2ccc3cc(N4CCN(Cc5ccc(F)cc5)CC4)cnc32)cc1. The van der Waals surface area contributed by atoms with E-state index in [2.05, 4.69) is 32.7 Å². The largest absolute Gasteiger partial charge is 0.465 e. The van der Waals surface area contributed by atoms with Gasteiger partial charge in [-0.2, -0.15) is 0 Å². The maximum Gasteiger partial charge on any atom is 0.337 e. The van der Waals surface area contributed by atoms with Crippen LogP contribution in [0.15, 0.2) is 73.1 Å². The van der Waals surface area contributed by atoms with Crippen molar-refractivity contribution >= 4 is 22.7 Å². The fraction of sp³-hybridized carbons (Fsp3) is 0.259. The van der Waals surface area contributed by atoms with E-state index in [0.717, 1.165) is 60.6 Å². The van der Waals surface area contributed by atoms with Crippen LogP contribution in [0.5, 0.6) is 0 Å². The van der Waals surface area contributed by atoms with Gasteiger partial charge in [-0.3, -0.25) is 4.90 Å². The number of aromatic nitrogens is 2. The van der Waals surface area contributed by atoms with E-state index in [4.69, 9.17) is 9.72 Å². The second-order valence-electron chi connectivity index (χ2n) is 8.63. The van der Waals surface area contributed by atoms with Crippen LogP contribution in [0.1, 0.15) is 21.5 Å². The Morgan fingerprint density at radius 3 is 2.32 bits per heavy atom. The summed E-state index contributed by atoms with van der Waals surface area (Å²) in [6.07, 6.45) is 4.01. The maximum atomic E-state index is 13.1. The van der Waals surface area contributed by atoms with Crippen LogP contribution < -0.4 is 4.90 Å². The molecule has 2 aromatic heterocycles. The summed E-state index contributed by atoms with van der Waals surface area (Å²) in [5.41, 5.74) is 4.85. The monoisotopic (exact) mass is 458 g/mol. The van der Waals surface area contributed by atoms with Crippen molar-refractivity contribution in [3.8, 4) is 0 Å². The van der Waals surface area contributed by atoms with Gasteiger partial charge in [-0.15, -0.1) is 0 Å². The van der Waals surface area contributed by atoms with Gasteiger partial charge in [0.05, 0.1) is 24.6 Å². The molecule has 0 atom stereocenters. The summed E-state index contributed by atoms with van der Waals surface area (Å²) >= 11 is 0. The molecule has 0 aliphatic carbocycles. The van der Waals surface area contributed by atoms with Crippen LogP contribution in [0.2, 0.25) is 0 Å². The summed E-state index contributed by atoms with van der Waals surface area (Å²) in [5, 5.41) is 1.11. The normalized spacial score (nSPS) is 14.5. The van der Waals surface area contributed by atoms with E-state index >= 15 is 0 Å². The zero-order chi connectivity index (χ0) is 23.5. The first kappa shape index (κ1) is 22.1. The summed E-state index contributed by atoms with van der Waals surface area (Å²) in [7, 11) is 1.38. The van der Waals surface area contributed by atoms with E-state index in [1.165, 1.54) is 19.2 Å². The highest BCUT2D eigenvalue weighted by atomic mass is 19.1. The van der Waals surface area contributed by atoms with Crippen molar-refractivity contribution in [3.63, 3.8) is 0 Å². The molecular weight excluding hydrogens is 431 g/mol. The van der Waals surface area contributed by atoms with Crippen molar-refractivity contribution in [3.05, 3.63) is 95.6 Å². The Morgan fingerprint density at radius 1 is 0.941 bits per heavy atom. The predicted molar refractivity (Wildman–Crippen MR) is 131 cm³/mol. The number of pyridine rings is 1. The number of hydrogen-bond donors (Lipinski definition) is 0. The molecular formula is C27H27FN4O2. The molecule has 5 rings (SSSR count). The first-order valence-electron chi connectivity index (χ1n) is 11.4. The average Bonchev–Trinajstić information content (AvgIpc) is 3.27. The minimum absolute atomic E-state index is 0.193. The number of nitrogens with zero attached hydrogens (tertiary/aromatic N) is 4. The minimum atomic E-state index is -0.330. The lowest BCUT2D eigenvalue weighted by Crippen LogP contribution is -2.46. The van der Waals surface area contributed by atoms with Crippen LogP contribution in [0.4, 0.5) is 10.1 Å². The lowest BCUT2D eigenvalue weighted by molar-refractivity contribution is 0.0600. The predicted octanol–water partition coefficient (Wildman–Crippen LogP) is 4.33. The van der Waals surface area contributed by atoms with Crippen molar-refractivity contribution in [1.82, 2.24) is 14.5 Å². The van der Waals surface area contributed by atoms with E-state index in [9.17, 15) is 9.18 Å². The number of esters is 1. The van der Waals surface area contributed by atoms with Crippen LogP contribution in [0.3, 0.4) is 0 Å². The van der Waals surface area contributed by atoms with Crippen molar-refractivity contribution in [2.24, 2.45) is 0 Å². The summed E-state index contributed by atoms with van der Waals surface area (Å²) in [4.78, 5) is 21.2. The summed E-state index contributed by atoms with van der Waals surface area (Å²) in [6, 6.07) is 18.5. The molecule has 0 saturated carbocycles. The molecule has 1 saturated heterocycles. The van der Waals surface area contributed by atoms with E-state index < -0.39 is 0 Å². The Morgan fingerprint density at radius 2 is 1.62 bits per heavy atom. The first-order valence-corrected chi connectivity index (χ1v) is 11.4. The molecule has 3 heterocycles. The van der Waals surface area contributed by atoms with Crippen molar-refractivity contribution in [2.45, 2.75) is 13.1 Å². The van der Waals surface area contributed by atoms with Gasteiger partial charge in [-0.25, -0.2) is 14.2 Å². The Bertz CT molecular complexity index is 1280. The number of halogens is 1. The third-order valence-electron chi connectivity index (χ3n) is 6.37. The van der Waals surface area contributed by atoms with Gasteiger partial charge in [0.25, 0.3) is 0 Å². The van der Waals surface area contributed by atoms with Crippen LogP contribution in [-0.2, 0) is 17.8 Å². The molecule has 0 amide bonds. The smallest absolute Gasteiger partial charge is 0.337 e. The molecule has 1 aliphatic rings. The second kappa shape index (κ2) is 9.65. The quantitative estimate of drug-likeness (QED) is 0.403. The highest BCUT2D eigenvalue weighted by molar-refractivity contribution is 5.89. The van der Waals surface area contributed by atoms with E-state index in [1.807, 2.05) is 30.5 Å². The number of fused-ring (bicyclic) bond motifs is 1. The van der Waals surface area contributed by atoms with Gasteiger partial charge in [0.2, 0.25) is 0 Å².